The molecule has 1 unspecified atom stereocenters. The van der Waals surface area contributed by atoms with E-state index in [1.165, 1.54) is 0 Å². The molecule has 1 heteroatoms. The lowest BCUT2D eigenvalue weighted by atomic mass is 9.88. The molecular weight excluding hydrogens is 124 g/mol. The average Bonchev–Trinajstić information content (AvgIpc) is 1.84. The number of hydrogen-bond donors (Lipinski definition) is 0. The second-order valence-corrected chi connectivity index (χ2v) is 3.57. The van der Waals surface area contributed by atoms with Gasteiger partial charge in [0.1, 0.15) is 5.60 Å². The predicted octanol–water partition coefficient (Wildman–Crippen LogP) is 3.02. The van der Waals surface area contributed by atoms with Gasteiger partial charge in [0.15, 0.2) is 0 Å². The Morgan fingerprint density at radius 3 is 2.20 bits per heavy atom. The van der Waals surface area contributed by atoms with E-state index in [9.17, 15) is 5.11 Å². The maximum Gasteiger partial charge on any atom is 0.103 e. The van der Waals surface area contributed by atoms with Crippen LogP contribution in [0.1, 0.15) is 47.0 Å². The maximum absolute atomic E-state index is 11.6. The monoisotopic (exact) mass is 143 g/mol. The van der Waals surface area contributed by atoms with Crippen molar-refractivity contribution in [2.45, 2.75) is 52.6 Å². The summed E-state index contributed by atoms with van der Waals surface area (Å²) in [6.07, 6.45) is 3.02. The molecule has 0 spiro atoms. The Bertz CT molecular complexity index is 84.7. The molecule has 0 aromatic carbocycles. The van der Waals surface area contributed by atoms with Gasteiger partial charge in [-0.2, -0.15) is 0 Å². The van der Waals surface area contributed by atoms with Crippen molar-refractivity contribution in [1.82, 2.24) is 0 Å². The molecule has 0 fully saturated rings. The quantitative estimate of drug-likeness (QED) is 0.576. The molecule has 10 heavy (non-hydrogen) atoms. The van der Waals surface area contributed by atoms with Gasteiger partial charge in [-0.05, 0) is 19.3 Å². The van der Waals surface area contributed by atoms with Crippen LogP contribution in [-0.2, 0) is 5.11 Å². The lowest BCUT2D eigenvalue weighted by molar-refractivity contribution is -0.0594. The van der Waals surface area contributed by atoms with Crippen LogP contribution in [-0.4, -0.2) is 5.60 Å². The first-order chi connectivity index (χ1) is 4.50. The standard InChI is InChI=1S/C9H19O/c1-5-6-7-9(4,10)8(2)3/h8H,5-7H2,1-4H3. The molecule has 0 rings (SSSR count). The summed E-state index contributed by atoms with van der Waals surface area (Å²) in [6, 6.07) is 0. The van der Waals surface area contributed by atoms with E-state index in [4.69, 9.17) is 0 Å². The molecule has 0 bridgehead atoms. The van der Waals surface area contributed by atoms with Crippen molar-refractivity contribution in [2.75, 3.05) is 0 Å². The second-order valence-electron chi connectivity index (χ2n) is 3.57. The first kappa shape index (κ1) is 9.96. The SMILES string of the molecule is CCCCC(C)([O])C(C)C. The Morgan fingerprint density at radius 1 is 1.40 bits per heavy atom. The number of hydrogen-bond acceptors (Lipinski definition) is 0. The molecule has 0 amide bonds. The summed E-state index contributed by atoms with van der Waals surface area (Å²) in [5.41, 5.74) is -0.698. The first-order valence-electron chi connectivity index (χ1n) is 4.21. The van der Waals surface area contributed by atoms with Gasteiger partial charge in [0.05, 0.1) is 0 Å². The van der Waals surface area contributed by atoms with Gasteiger partial charge in [0.25, 0.3) is 0 Å². The Labute approximate surface area is 64.5 Å². The molecule has 1 atom stereocenters. The predicted molar refractivity (Wildman–Crippen MR) is 43.5 cm³/mol. The summed E-state index contributed by atoms with van der Waals surface area (Å²) in [7, 11) is 0. The fraction of sp³-hybridized carbons (Fsp3) is 1.00. The van der Waals surface area contributed by atoms with Crippen molar-refractivity contribution in [1.29, 1.82) is 0 Å². The molecule has 0 aliphatic carbocycles. The van der Waals surface area contributed by atoms with Gasteiger partial charge in [-0.25, -0.2) is 5.11 Å². The minimum absolute atomic E-state index is 0.263. The minimum Gasteiger partial charge on any atom is -0.230 e. The first-order valence-corrected chi connectivity index (χ1v) is 4.21. The van der Waals surface area contributed by atoms with Gasteiger partial charge in [0.2, 0.25) is 0 Å². The second kappa shape index (κ2) is 3.97. The molecule has 1 radical (unpaired) electrons. The van der Waals surface area contributed by atoms with Crippen molar-refractivity contribution in [3.05, 3.63) is 0 Å². The van der Waals surface area contributed by atoms with Gasteiger partial charge in [-0.1, -0.05) is 33.6 Å². The average molecular weight is 143 g/mol. The van der Waals surface area contributed by atoms with Gasteiger partial charge >= 0.3 is 0 Å². The highest BCUT2D eigenvalue weighted by atomic mass is 16.3. The Morgan fingerprint density at radius 2 is 1.90 bits per heavy atom. The molecule has 0 aliphatic heterocycles. The van der Waals surface area contributed by atoms with Crippen LogP contribution in [0.4, 0.5) is 0 Å². The highest BCUT2D eigenvalue weighted by molar-refractivity contribution is 4.74. The Kier molecular flexibility index (Phi) is 3.95. The smallest absolute Gasteiger partial charge is 0.103 e. The molecule has 0 aromatic rings. The summed E-state index contributed by atoms with van der Waals surface area (Å²) >= 11 is 0. The minimum atomic E-state index is -0.698. The zero-order valence-electron chi connectivity index (χ0n) is 7.61. The van der Waals surface area contributed by atoms with Crippen molar-refractivity contribution in [3.8, 4) is 0 Å². The summed E-state index contributed by atoms with van der Waals surface area (Å²) in [4.78, 5) is 0. The van der Waals surface area contributed by atoms with Crippen molar-refractivity contribution < 1.29 is 5.11 Å². The highest BCUT2D eigenvalue weighted by Gasteiger charge is 2.25. The summed E-state index contributed by atoms with van der Waals surface area (Å²) < 4.78 is 0. The van der Waals surface area contributed by atoms with Gasteiger partial charge < -0.3 is 0 Å². The van der Waals surface area contributed by atoms with Crippen LogP contribution in [0.3, 0.4) is 0 Å². The molecule has 0 heterocycles. The van der Waals surface area contributed by atoms with E-state index in [-0.39, 0.29) is 5.92 Å². The fourth-order valence-corrected chi connectivity index (χ4v) is 0.816. The molecule has 0 N–H and O–H groups in total. The van der Waals surface area contributed by atoms with Crippen LogP contribution in [0.5, 0.6) is 0 Å². The van der Waals surface area contributed by atoms with Crippen LogP contribution >= 0.6 is 0 Å². The van der Waals surface area contributed by atoms with Gasteiger partial charge in [-0.15, -0.1) is 0 Å². The van der Waals surface area contributed by atoms with Gasteiger partial charge in [0, 0.05) is 0 Å². The molecule has 1 nitrogen and oxygen atoms in total. The fourth-order valence-electron chi connectivity index (χ4n) is 0.816. The highest BCUT2D eigenvalue weighted by Crippen LogP contribution is 2.23. The van der Waals surface area contributed by atoms with Crippen LogP contribution in [0.2, 0.25) is 0 Å². The topological polar surface area (TPSA) is 19.9 Å². The largest absolute Gasteiger partial charge is 0.230 e. The van der Waals surface area contributed by atoms with E-state index in [0.717, 1.165) is 19.3 Å². The number of unbranched alkanes of at least 4 members (excludes halogenated alkanes) is 1. The molecule has 0 saturated heterocycles. The van der Waals surface area contributed by atoms with E-state index < -0.39 is 5.60 Å². The molecule has 0 aromatic heterocycles. The zero-order valence-corrected chi connectivity index (χ0v) is 7.61. The van der Waals surface area contributed by atoms with Crippen LogP contribution in [0, 0.1) is 5.92 Å². The molecular formula is C9H19O. The molecule has 0 saturated carbocycles. The Balaban J connectivity index is 3.63. The van der Waals surface area contributed by atoms with E-state index in [2.05, 4.69) is 6.92 Å². The summed E-state index contributed by atoms with van der Waals surface area (Å²) in [6.45, 7) is 7.94. The third-order valence-electron chi connectivity index (χ3n) is 2.25. The van der Waals surface area contributed by atoms with Gasteiger partial charge in [-0.3, -0.25) is 0 Å². The normalized spacial score (nSPS) is 17.4. The van der Waals surface area contributed by atoms with Crippen LogP contribution in [0.25, 0.3) is 0 Å². The number of rotatable bonds is 4. The maximum atomic E-state index is 11.6. The van der Waals surface area contributed by atoms with E-state index in [1.54, 1.807) is 0 Å². The Hall–Kier alpha value is -0.0400. The lowest BCUT2D eigenvalue weighted by Gasteiger charge is -2.24. The van der Waals surface area contributed by atoms with E-state index in [0.29, 0.717) is 0 Å². The molecule has 61 valence electrons. The third-order valence-corrected chi connectivity index (χ3v) is 2.25. The van der Waals surface area contributed by atoms with Crippen molar-refractivity contribution >= 4 is 0 Å². The van der Waals surface area contributed by atoms with Crippen LogP contribution in [0.15, 0.2) is 0 Å². The lowest BCUT2D eigenvalue weighted by Crippen LogP contribution is -2.28. The zero-order chi connectivity index (χ0) is 8.20. The van der Waals surface area contributed by atoms with E-state index >= 15 is 0 Å². The van der Waals surface area contributed by atoms with Crippen LogP contribution < -0.4 is 0 Å². The third kappa shape index (κ3) is 3.21. The summed E-state index contributed by atoms with van der Waals surface area (Å²) in [5, 5.41) is 11.6. The van der Waals surface area contributed by atoms with Crippen molar-refractivity contribution in [2.24, 2.45) is 5.92 Å². The van der Waals surface area contributed by atoms with E-state index in [1.807, 2.05) is 20.8 Å². The summed E-state index contributed by atoms with van der Waals surface area (Å²) in [5.74, 6) is 0.263. The molecule has 0 aliphatic rings. The van der Waals surface area contributed by atoms with Crippen molar-refractivity contribution in [3.63, 3.8) is 0 Å².